The number of hydrogen-bond donors (Lipinski definition) is 0. The van der Waals surface area contributed by atoms with Crippen LogP contribution in [0.15, 0.2) is 28.9 Å². The average molecular weight is 464 g/mol. The summed E-state index contributed by atoms with van der Waals surface area (Å²) in [6.07, 6.45) is -8.91. The summed E-state index contributed by atoms with van der Waals surface area (Å²) in [5.41, 5.74) is -2.24. The molecule has 1 saturated heterocycles. The van der Waals surface area contributed by atoms with Gasteiger partial charge in [-0.25, -0.2) is 9.78 Å². The van der Waals surface area contributed by atoms with Crippen LogP contribution in [0.5, 0.6) is 0 Å². The van der Waals surface area contributed by atoms with Gasteiger partial charge in [0.05, 0.1) is 30.9 Å². The molecule has 0 aliphatic carbocycles. The summed E-state index contributed by atoms with van der Waals surface area (Å²) in [7, 11) is 0. The van der Waals surface area contributed by atoms with Crippen molar-refractivity contribution in [3.8, 4) is 0 Å². The zero-order valence-electron chi connectivity index (χ0n) is 16.9. The van der Waals surface area contributed by atoms with Gasteiger partial charge in [-0.2, -0.15) is 26.3 Å². The van der Waals surface area contributed by atoms with Crippen molar-refractivity contribution < 1.29 is 40.5 Å². The summed E-state index contributed by atoms with van der Waals surface area (Å²) >= 11 is 0. The fraction of sp³-hybridized carbons (Fsp3) is 0.474. The number of anilines is 1. The Morgan fingerprint density at radius 2 is 1.81 bits per heavy atom. The van der Waals surface area contributed by atoms with Crippen molar-refractivity contribution in [1.29, 1.82) is 0 Å². The molecule has 32 heavy (non-hydrogen) atoms. The van der Waals surface area contributed by atoms with Crippen LogP contribution in [0, 0.1) is 5.92 Å². The van der Waals surface area contributed by atoms with Gasteiger partial charge >= 0.3 is 18.4 Å². The van der Waals surface area contributed by atoms with E-state index in [4.69, 9.17) is 0 Å². The molecule has 0 saturated carbocycles. The van der Waals surface area contributed by atoms with Crippen molar-refractivity contribution in [2.45, 2.75) is 38.7 Å². The molecule has 1 fully saturated rings. The van der Waals surface area contributed by atoms with Gasteiger partial charge in [-0.1, -0.05) is 19.0 Å². The van der Waals surface area contributed by atoms with Gasteiger partial charge in [-0.3, -0.25) is 9.69 Å². The lowest BCUT2D eigenvalue weighted by Gasteiger charge is -2.25. The largest absolute Gasteiger partial charge is 0.436 e. The first-order chi connectivity index (χ1) is 14.8. The van der Waals surface area contributed by atoms with Crippen LogP contribution in [0.4, 0.5) is 36.8 Å². The predicted molar refractivity (Wildman–Crippen MR) is 97.5 cm³/mol. The minimum Gasteiger partial charge on any atom is -0.360 e. The maximum Gasteiger partial charge on any atom is 0.436 e. The smallest absolute Gasteiger partial charge is 0.360 e. The highest BCUT2D eigenvalue weighted by molar-refractivity contribution is 5.97. The number of carbonyl (C=O) groups is 2. The first-order valence-electron chi connectivity index (χ1n) is 9.43. The number of nitrogens with zero attached hydrogens (tertiary/aromatic N) is 4. The summed E-state index contributed by atoms with van der Waals surface area (Å²) in [5.74, 6) is -0.985. The van der Waals surface area contributed by atoms with Crippen LogP contribution < -0.4 is 4.90 Å². The van der Waals surface area contributed by atoms with E-state index in [2.05, 4.69) is 14.7 Å². The van der Waals surface area contributed by atoms with Gasteiger partial charge in [0.2, 0.25) is 0 Å². The van der Waals surface area contributed by atoms with Crippen LogP contribution >= 0.6 is 0 Å². The molecular formula is C19H18F6N4O3. The standard InChI is InChI=1S/C19H18F6N4O3/c1-10(2)14-9-28(11-3-4-15(26-7-11)18(20,21)22)17(31)29(14)8-12(30)5-13-6-16(27-32-13)19(23,24)25/h3-4,6-7,10,14H,5,8-9H2,1-2H3/t14-/m1/s1. The zero-order valence-corrected chi connectivity index (χ0v) is 16.9. The quantitative estimate of drug-likeness (QED) is 0.600. The second-order valence-corrected chi connectivity index (χ2v) is 7.62. The van der Waals surface area contributed by atoms with Crippen LogP contribution in [0.2, 0.25) is 0 Å². The van der Waals surface area contributed by atoms with Crippen LogP contribution in [-0.4, -0.2) is 46.0 Å². The van der Waals surface area contributed by atoms with Gasteiger partial charge in [-0.05, 0) is 18.1 Å². The molecule has 3 heterocycles. The molecule has 0 N–H and O–H groups in total. The van der Waals surface area contributed by atoms with Crippen molar-refractivity contribution in [2.24, 2.45) is 5.92 Å². The highest BCUT2D eigenvalue weighted by Crippen LogP contribution is 2.32. The number of halogens is 6. The average Bonchev–Trinajstić information content (AvgIpc) is 3.27. The third-order valence-corrected chi connectivity index (χ3v) is 4.93. The summed E-state index contributed by atoms with van der Waals surface area (Å²) in [5, 5.41) is 2.88. The second kappa shape index (κ2) is 8.43. The number of hydrogen-bond acceptors (Lipinski definition) is 5. The Morgan fingerprint density at radius 1 is 1.16 bits per heavy atom. The SMILES string of the molecule is CC(C)[C@H]1CN(c2ccc(C(F)(F)F)nc2)C(=O)N1CC(=O)Cc1cc(C(F)(F)F)no1. The molecule has 3 rings (SSSR count). The highest BCUT2D eigenvalue weighted by Gasteiger charge is 2.41. The number of carbonyl (C=O) groups excluding carboxylic acids is 2. The second-order valence-electron chi connectivity index (χ2n) is 7.62. The molecule has 1 aliphatic heterocycles. The molecule has 0 unspecified atom stereocenters. The molecule has 1 aliphatic rings. The number of urea groups is 1. The van der Waals surface area contributed by atoms with Gasteiger partial charge in [0, 0.05) is 12.6 Å². The molecule has 2 amide bonds. The lowest BCUT2D eigenvalue weighted by molar-refractivity contribution is -0.143. The van der Waals surface area contributed by atoms with Gasteiger partial charge in [0.25, 0.3) is 0 Å². The van der Waals surface area contributed by atoms with Crippen molar-refractivity contribution in [1.82, 2.24) is 15.0 Å². The highest BCUT2D eigenvalue weighted by atomic mass is 19.4. The maximum atomic E-state index is 12.9. The van der Waals surface area contributed by atoms with Crippen LogP contribution in [-0.2, 0) is 23.6 Å². The van der Waals surface area contributed by atoms with Crippen LogP contribution in [0.1, 0.15) is 31.0 Å². The summed E-state index contributed by atoms with van der Waals surface area (Å²) in [6.45, 7) is 3.30. The van der Waals surface area contributed by atoms with E-state index >= 15 is 0 Å². The van der Waals surface area contributed by atoms with Crippen molar-refractivity contribution >= 4 is 17.5 Å². The van der Waals surface area contributed by atoms with E-state index < -0.39 is 54.6 Å². The van der Waals surface area contributed by atoms with Crippen LogP contribution in [0.25, 0.3) is 0 Å². The van der Waals surface area contributed by atoms with Crippen molar-refractivity contribution in [3.63, 3.8) is 0 Å². The van der Waals surface area contributed by atoms with E-state index in [0.29, 0.717) is 6.07 Å². The van der Waals surface area contributed by atoms with Gasteiger partial charge in [0.1, 0.15) is 11.5 Å². The number of alkyl halides is 6. The molecular weight excluding hydrogens is 446 g/mol. The van der Waals surface area contributed by atoms with E-state index in [-0.39, 0.29) is 23.9 Å². The Bertz CT molecular complexity index is 984. The van der Waals surface area contributed by atoms with E-state index in [0.717, 1.165) is 18.3 Å². The minimum atomic E-state index is -4.71. The lowest BCUT2D eigenvalue weighted by Crippen LogP contribution is -2.41. The first-order valence-corrected chi connectivity index (χ1v) is 9.43. The van der Waals surface area contributed by atoms with Crippen molar-refractivity contribution in [3.05, 3.63) is 41.5 Å². The van der Waals surface area contributed by atoms with Gasteiger partial charge in [0.15, 0.2) is 11.5 Å². The Morgan fingerprint density at radius 3 is 2.31 bits per heavy atom. The monoisotopic (exact) mass is 464 g/mol. The van der Waals surface area contributed by atoms with Gasteiger partial charge in [-0.15, -0.1) is 0 Å². The number of amides is 2. The maximum absolute atomic E-state index is 12.9. The topological polar surface area (TPSA) is 79.5 Å². The molecule has 7 nitrogen and oxygen atoms in total. The summed E-state index contributed by atoms with van der Waals surface area (Å²) < 4.78 is 80.6. The molecule has 2 aromatic rings. The van der Waals surface area contributed by atoms with E-state index in [9.17, 15) is 35.9 Å². The third kappa shape index (κ3) is 5.02. The Kier molecular flexibility index (Phi) is 6.20. The number of rotatable bonds is 6. The fourth-order valence-corrected chi connectivity index (χ4v) is 3.32. The fourth-order valence-electron chi connectivity index (χ4n) is 3.32. The number of pyridine rings is 1. The van der Waals surface area contributed by atoms with Gasteiger partial charge < -0.3 is 9.42 Å². The number of ketones is 1. The predicted octanol–water partition coefficient (Wildman–Crippen LogP) is 4.19. The summed E-state index contributed by atoms with van der Waals surface area (Å²) in [6, 6.07) is 1.41. The molecule has 0 aromatic carbocycles. The molecule has 13 heteroatoms. The number of Topliss-reactive ketones (excluding diaryl/α,β-unsaturated/α-hetero) is 1. The summed E-state index contributed by atoms with van der Waals surface area (Å²) in [4.78, 5) is 31.1. The molecule has 0 spiro atoms. The molecule has 2 aromatic heterocycles. The minimum absolute atomic E-state index is 0.108. The van der Waals surface area contributed by atoms with E-state index in [1.54, 1.807) is 13.8 Å². The Labute approximate surface area is 178 Å². The zero-order chi connectivity index (χ0) is 23.8. The first kappa shape index (κ1) is 23.5. The third-order valence-electron chi connectivity index (χ3n) is 4.93. The normalized spacial score (nSPS) is 17.5. The van der Waals surface area contributed by atoms with Crippen molar-refractivity contribution in [2.75, 3.05) is 18.0 Å². The molecule has 1 atom stereocenters. The van der Waals surface area contributed by atoms with E-state index in [1.165, 1.54) is 9.80 Å². The lowest BCUT2D eigenvalue weighted by atomic mass is 10.0. The van der Waals surface area contributed by atoms with E-state index in [1.807, 2.05) is 0 Å². The van der Waals surface area contributed by atoms with Crippen LogP contribution in [0.3, 0.4) is 0 Å². The number of aromatic nitrogens is 2. The molecule has 0 bridgehead atoms. The molecule has 174 valence electrons. The Balaban J connectivity index is 1.73. The Hall–Kier alpha value is -3.12. The molecule has 0 radical (unpaired) electrons.